The first-order valence-electron chi connectivity index (χ1n) is 8.65. The third-order valence-electron chi connectivity index (χ3n) is 4.31. The van der Waals surface area contributed by atoms with Crippen molar-refractivity contribution in [3.8, 4) is 11.5 Å². The number of rotatable bonds is 4. The first-order valence-corrected chi connectivity index (χ1v) is 8.96. The van der Waals surface area contributed by atoms with Gasteiger partial charge in [-0.3, -0.25) is 5.32 Å². The van der Waals surface area contributed by atoms with Crippen molar-refractivity contribution < 1.29 is 17.9 Å². The van der Waals surface area contributed by atoms with E-state index in [1.807, 2.05) is 0 Å². The molecule has 5 N–H and O–H groups in total. The molecule has 0 bridgehead atoms. The number of anilines is 3. The van der Waals surface area contributed by atoms with E-state index in [0.717, 1.165) is 6.20 Å². The number of nitrogens with two attached hydrogens (primary N) is 2. The minimum Gasteiger partial charge on any atom is -0.382 e. The van der Waals surface area contributed by atoms with Gasteiger partial charge in [-0.05, 0) is 12.1 Å². The molecule has 31 heavy (non-hydrogen) atoms. The van der Waals surface area contributed by atoms with Gasteiger partial charge in [-0.25, -0.2) is 33.2 Å². The maximum absolute atomic E-state index is 14.1. The Morgan fingerprint density at radius 2 is 1.90 bits per heavy atom. The number of amides is 1. The monoisotopic (exact) mass is 446 g/mol. The van der Waals surface area contributed by atoms with Crippen LogP contribution >= 0.6 is 11.9 Å². The fourth-order valence-corrected chi connectivity index (χ4v) is 2.99. The van der Waals surface area contributed by atoms with Gasteiger partial charge in [-0.2, -0.15) is 5.10 Å². The lowest BCUT2D eigenvalue weighted by atomic mass is 10.2. The zero-order valence-electron chi connectivity index (χ0n) is 15.5. The molecule has 0 saturated carbocycles. The SMILES string of the molecule is Nc1nc(-c2nn(Cc3ccccc3F)c3ncc(F)cc23)nc(N)c1NC(=O)OCl. The van der Waals surface area contributed by atoms with Crippen molar-refractivity contribution in [3.63, 3.8) is 0 Å². The van der Waals surface area contributed by atoms with Crippen LogP contribution in [0.5, 0.6) is 0 Å². The molecule has 1 amide bonds. The number of nitrogens with zero attached hydrogens (tertiary/aromatic N) is 5. The summed E-state index contributed by atoms with van der Waals surface area (Å²) in [6.45, 7) is 0.0218. The molecule has 1 aromatic carbocycles. The van der Waals surface area contributed by atoms with E-state index < -0.39 is 17.7 Å². The smallest absolute Gasteiger partial charge is 0.382 e. The van der Waals surface area contributed by atoms with Crippen molar-refractivity contribution in [1.29, 1.82) is 0 Å². The van der Waals surface area contributed by atoms with Gasteiger partial charge in [0, 0.05) is 5.56 Å². The first kappa shape index (κ1) is 20.2. The summed E-state index contributed by atoms with van der Waals surface area (Å²) in [5.41, 5.74) is 12.4. The third kappa shape index (κ3) is 3.88. The average molecular weight is 447 g/mol. The molecule has 0 atom stereocenters. The van der Waals surface area contributed by atoms with E-state index >= 15 is 0 Å². The van der Waals surface area contributed by atoms with Crippen LogP contribution < -0.4 is 16.8 Å². The Kier molecular flexibility index (Phi) is 5.21. The highest BCUT2D eigenvalue weighted by molar-refractivity contribution is 6.15. The second kappa shape index (κ2) is 7.99. The molecule has 4 aromatic rings. The molecule has 0 fully saturated rings. The number of carbonyl (C=O) groups is 1. The van der Waals surface area contributed by atoms with E-state index in [9.17, 15) is 13.6 Å². The average Bonchev–Trinajstić information content (AvgIpc) is 3.09. The van der Waals surface area contributed by atoms with E-state index in [1.54, 1.807) is 18.2 Å². The molecule has 0 aliphatic carbocycles. The van der Waals surface area contributed by atoms with E-state index in [0.29, 0.717) is 5.56 Å². The van der Waals surface area contributed by atoms with Crippen molar-refractivity contribution >= 4 is 46.3 Å². The lowest BCUT2D eigenvalue weighted by Crippen LogP contribution is -2.15. The van der Waals surface area contributed by atoms with Crippen molar-refractivity contribution in [2.45, 2.75) is 6.54 Å². The normalized spacial score (nSPS) is 10.9. The molecule has 10 nitrogen and oxygen atoms in total. The van der Waals surface area contributed by atoms with Crippen LogP contribution in [0, 0.1) is 11.6 Å². The highest BCUT2D eigenvalue weighted by Gasteiger charge is 2.21. The molecular formula is C18H13ClF2N8O2. The predicted octanol–water partition coefficient (Wildman–Crippen LogP) is 3.08. The van der Waals surface area contributed by atoms with Gasteiger partial charge in [0.2, 0.25) is 0 Å². The fourth-order valence-electron chi connectivity index (χ4n) is 2.95. The quantitative estimate of drug-likeness (QED) is 0.433. The first-order chi connectivity index (χ1) is 14.9. The van der Waals surface area contributed by atoms with Gasteiger partial charge in [0.05, 0.1) is 18.1 Å². The topological polar surface area (TPSA) is 147 Å². The van der Waals surface area contributed by atoms with Crippen LogP contribution in [0.1, 0.15) is 5.56 Å². The van der Waals surface area contributed by atoms with Crippen molar-refractivity contribution in [1.82, 2.24) is 24.7 Å². The van der Waals surface area contributed by atoms with Gasteiger partial charge in [0.15, 0.2) is 23.1 Å². The molecule has 4 rings (SSSR count). The van der Waals surface area contributed by atoms with E-state index in [4.69, 9.17) is 23.3 Å². The summed E-state index contributed by atoms with van der Waals surface area (Å²) in [6.07, 6.45) is -0.0256. The van der Waals surface area contributed by atoms with Gasteiger partial charge in [0.25, 0.3) is 0 Å². The number of fused-ring (bicyclic) bond motifs is 1. The van der Waals surface area contributed by atoms with Crippen LogP contribution in [-0.4, -0.2) is 30.8 Å². The molecule has 3 aromatic heterocycles. The van der Waals surface area contributed by atoms with Gasteiger partial charge < -0.3 is 15.8 Å². The summed E-state index contributed by atoms with van der Waals surface area (Å²) in [7, 11) is 0. The summed E-state index contributed by atoms with van der Waals surface area (Å²) in [5, 5.41) is 6.83. The van der Waals surface area contributed by atoms with Crippen LogP contribution in [0.15, 0.2) is 36.5 Å². The number of pyridine rings is 1. The number of benzene rings is 1. The highest BCUT2D eigenvalue weighted by atomic mass is 35.5. The molecule has 0 saturated heterocycles. The summed E-state index contributed by atoms with van der Waals surface area (Å²) in [6, 6.07) is 7.34. The second-order valence-electron chi connectivity index (χ2n) is 6.30. The Balaban J connectivity index is 1.84. The standard InChI is InChI=1S/C18H13ClF2N8O2/c19-31-18(30)25-13-14(22)26-16(27-15(13)23)12-10-5-9(20)6-24-17(10)29(28-12)7-8-3-1-2-4-11(8)21/h1-6H,7H2,(H,25,30)(H4,22,23,26,27). The van der Waals surface area contributed by atoms with Gasteiger partial charge in [-0.15, -0.1) is 0 Å². The molecule has 0 aliphatic rings. The molecule has 3 heterocycles. The predicted molar refractivity (Wildman–Crippen MR) is 109 cm³/mol. The molecular weight excluding hydrogens is 434 g/mol. The number of hydrogen-bond acceptors (Lipinski definition) is 8. The lowest BCUT2D eigenvalue weighted by Gasteiger charge is -2.09. The summed E-state index contributed by atoms with van der Waals surface area (Å²) < 4.78 is 33.4. The van der Waals surface area contributed by atoms with Crippen molar-refractivity contribution in [3.05, 3.63) is 53.7 Å². The van der Waals surface area contributed by atoms with E-state index in [1.165, 1.54) is 16.8 Å². The Labute approximate surface area is 178 Å². The molecule has 158 valence electrons. The number of halogens is 3. The summed E-state index contributed by atoms with van der Waals surface area (Å²) in [4.78, 5) is 23.6. The minimum atomic E-state index is -1.04. The van der Waals surface area contributed by atoms with Crippen molar-refractivity contribution in [2.24, 2.45) is 0 Å². The summed E-state index contributed by atoms with van der Waals surface area (Å²) in [5.74, 6) is -1.51. The Bertz CT molecular complexity index is 1290. The molecule has 0 radical (unpaired) electrons. The molecule has 0 unspecified atom stereocenters. The van der Waals surface area contributed by atoms with Gasteiger partial charge >= 0.3 is 6.09 Å². The Hall–Kier alpha value is -4.06. The maximum atomic E-state index is 14.1. The van der Waals surface area contributed by atoms with Crippen molar-refractivity contribution in [2.75, 3.05) is 16.8 Å². The van der Waals surface area contributed by atoms with Crippen LogP contribution in [0.4, 0.5) is 30.9 Å². The second-order valence-corrected chi connectivity index (χ2v) is 6.46. The van der Waals surface area contributed by atoms with Crippen LogP contribution in [-0.2, 0) is 10.8 Å². The fraction of sp³-hybridized carbons (Fsp3) is 0.0556. The lowest BCUT2D eigenvalue weighted by molar-refractivity contribution is 0.219. The minimum absolute atomic E-state index is 0.0218. The molecule has 13 heteroatoms. The van der Waals surface area contributed by atoms with Crippen LogP contribution in [0.3, 0.4) is 0 Å². The Morgan fingerprint density at radius 3 is 2.58 bits per heavy atom. The van der Waals surface area contributed by atoms with Gasteiger partial charge in [-0.1, -0.05) is 18.2 Å². The Morgan fingerprint density at radius 1 is 1.19 bits per heavy atom. The van der Waals surface area contributed by atoms with Crippen LogP contribution in [0.2, 0.25) is 0 Å². The molecule has 0 aliphatic heterocycles. The number of nitrogen functional groups attached to an aromatic ring is 2. The number of hydrogen-bond donors (Lipinski definition) is 3. The zero-order valence-corrected chi connectivity index (χ0v) is 16.3. The number of carbonyl (C=O) groups excluding carboxylic acids is 1. The van der Waals surface area contributed by atoms with Gasteiger partial charge in [0.1, 0.15) is 34.9 Å². The van der Waals surface area contributed by atoms with E-state index in [2.05, 4.69) is 29.7 Å². The third-order valence-corrected chi connectivity index (χ3v) is 4.45. The van der Waals surface area contributed by atoms with Crippen LogP contribution in [0.25, 0.3) is 22.6 Å². The number of aromatic nitrogens is 5. The highest BCUT2D eigenvalue weighted by Crippen LogP contribution is 2.30. The maximum Gasteiger partial charge on any atom is 0.430 e. The number of nitrogens with one attached hydrogen (secondary N) is 1. The largest absolute Gasteiger partial charge is 0.430 e. The molecule has 0 spiro atoms. The van der Waals surface area contributed by atoms with E-state index in [-0.39, 0.29) is 46.4 Å². The summed E-state index contributed by atoms with van der Waals surface area (Å²) >= 11 is 4.98. The zero-order chi connectivity index (χ0) is 22.1.